The highest BCUT2D eigenvalue weighted by atomic mass is 16.5. The second kappa shape index (κ2) is 6.35. The van der Waals surface area contributed by atoms with Gasteiger partial charge in [0.2, 0.25) is 0 Å². The van der Waals surface area contributed by atoms with Gasteiger partial charge in [0.05, 0.1) is 24.4 Å². The number of hydrogen-bond acceptors (Lipinski definition) is 4. The van der Waals surface area contributed by atoms with Crippen molar-refractivity contribution in [2.24, 2.45) is 11.1 Å². The van der Waals surface area contributed by atoms with Gasteiger partial charge in [-0.3, -0.25) is 4.98 Å². The lowest BCUT2D eigenvalue weighted by atomic mass is 9.82. The average Bonchev–Trinajstić information content (AvgIpc) is 2.27. The topological polar surface area (TPSA) is 57.4 Å². The molecule has 0 spiro atoms. The summed E-state index contributed by atoms with van der Waals surface area (Å²) >= 11 is 0. The predicted octanol–water partition coefficient (Wildman–Crippen LogP) is 2.93. The molecule has 0 saturated heterocycles. The van der Waals surface area contributed by atoms with Crippen LogP contribution in [-0.2, 0) is 4.74 Å². The fraction of sp³-hybridized carbons (Fsp3) is 0.667. The highest BCUT2D eigenvalue weighted by Gasteiger charge is 2.31. The number of hydrogen-bond donors (Lipinski definition) is 1. The van der Waals surface area contributed by atoms with Gasteiger partial charge in [0.25, 0.3) is 0 Å². The maximum absolute atomic E-state index is 6.32. The number of rotatable bonds is 5. The van der Waals surface area contributed by atoms with Gasteiger partial charge >= 0.3 is 0 Å². The average molecular weight is 266 g/mol. The van der Waals surface area contributed by atoms with Gasteiger partial charge in [0.15, 0.2) is 0 Å². The van der Waals surface area contributed by atoms with Gasteiger partial charge in [-0.2, -0.15) is 0 Å². The van der Waals surface area contributed by atoms with Gasteiger partial charge in [-0.05, 0) is 30.9 Å². The van der Waals surface area contributed by atoms with Crippen LogP contribution in [0, 0.1) is 5.41 Å². The number of methoxy groups -OCH3 is 1. The van der Waals surface area contributed by atoms with Crippen molar-refractivity contribution in [3.05, 3.63) is 24.0 Å². The van der Waals surface area contributed by atoms with Crippen molar-refractivity contribution in [3.63, 3.8) is 0 Å². The summed E-state index contributed by atoms with van der Waals surface area (Å²) < 4.78 is 11.2. The van der Waals surface area contributed by atoms with Gasteiger partial charge in [0, 0.05) is 13.3 Å². The van der Waals surface area contributed by atoms with Gasteiger partial charge in [-0.25, -0.2) is 0 Å². The lowest BCUT2D eigenvalue weighted by Crippen LogP contribution is -2.38. The van der Waals surface area contributed by atoms with Gasteiger partial charge in [-0.1, -0.05) is 20.8 Å². The van der Waals surface area contributed by atoms with Crippen LogP contribution in [0.15, 0.2) is 18.5 Å². The molecule has 1 heterocycles. The Morgan fingerprint density at radius 3 is 2.32 bits per heavy atom. The molecule has 0 fully saturated rings. The molecule has 1 rings (SSSR count). The standard InChI is InChI=1S/C15H26N2O2/c1-10(2)19-12-7-11(8-17-9-12)13(16)14(18-6)15(3,4)5/h7-10,13-14H,16H2,1-6H3. The van der Waals surface area contributed by atoms with Crippen LogP contribution >= 0.6 is 0 Å². The molecule has 2 N–H and O–H groups in total. The minimum Gasteiger partial charge on any atom is -0.489 e. The van der Waals surface area contributed by atoms with Crippen molar-refractivity contribution in [2.75, 3.05) is 7.11 Å². The van der Waals surface area contributed by atoms with Crippen molar-refractivity contribution in [1.82, 2.24) is 4.98 Å². The van der Waals surface area contributed by atoms with Crippen LogP contribution in [0.25, 0.3) is 0 Å². The van der Waals surface area contributed by atoms with Crippen LogP contribution in [0.1, 0.15) is 46.2 Å². The van der Waals surface area contributed by atoms with Gasteiger partial charge in [0.1, 0.15) is 5.75 Å². The van der Waals surface area contributed by atoms with Crippen molar-refractivity contribution < 1.29 is 9.47 Å². The van der Waals surface area contributed by atoms with E-state index < -0.39 is 0 Å². The summed E-state index contributed by atoms with van der Waals surface area (Å²) in [5.74, 6) is 0.742. The molecule has 0 radical (unpaired) electrons. The number of nitrogens with two attached hydrogens (primary N) is 1. The molecule has 0 saturated carbocycles. The minimum atomic E-state index is -0.229. The van der Waals surface area contributed by atoms with Gasteiger partial charge < -0.3 is 15.2 Å². The molecular formula is C15H26N2O2. The Labute approximate surface area is 116 Å². The van der Waals surface area contributed by atoms with Gasteiger partial charge in [-0.15, -0.1) is 0 Å². The third kappa shape index (κ3) is 4.48. The fourth-order valence-electron chi connectivity index (χ4n) is 2.17. The lowest BCUT2D eigenvalue weighted by Gasteiger charge is -2.34. The van der Waals surface area contributed by atoms with E-state index in [0.29, 0.717) is 0 Å². The summed E-state index contributed by atoms with van der Waals surface area (Å²) in [5, 5.41) is 0. The molecule has 0 aliphatic carbocycles. The smallest absolute Gasteiger partial charge is 0.138 e. The van der Waals surface area contributed by atoms with Crippen LogP contribution < -0.4 is 10.5 Å². The van der Waals surface area contributed by atoms with E-state index in [0.717, 1.165) is 11.3 Å². The maximum atomic E-state index is 6.32. The molecule has 4 heteroatoms. The number of nitrogens with zero attached hydrogens (tertiary/aromatic N) is 1. The van der Waals surface area contributed by atoms with Crippen LogP contribution in [0.3, 0.4) is 0 Å². The monoisotopic (exact) mass is 266 g/mol. The van der Waals surface area contributed by atoms with E-state index >= 15 is 0 Å². The highest BCUT2D eigenvalue weighted by Crippen LogP contribution is 2.31. The normalized spacial score (nSPS) is 15.4. The second-order valence-electron chi connectivity index (χ2n) is 6.17. The Bertz CT molecular complexity index is 399. The molecule has 108 valence electrons. The first-order chi connectivity index (χ1) is 8.75. The van der Waals surface area contributed by atoms with Crippen molar-refractivity contribution in [2.45, 2.75) is 52.9 Å². The SMILES string of the molecule is COC(C(N)c1cncc(OC(C)C)c1)C(C)(C)C. The molecule has 19 heavy (non-hydrogen) atoms. The molecule has 0 amide bonds. The van der Waals surface area contributed by atoms with Crippen LogP contribution in [-0.4, -0.2) is 24.3 Å². The third-order valence-corrected chi connectivity index (χ3v) is 2.92. The van der Waals surface area contributed by atoms with E-state index in [2.05, 4.69) is 25.8 Å². The van der Waals surface area contributed by atoms with E-state index in [1.807, 2.05) is 19.9 Å². The summed E-state index contributed by atoms with van der Waals surface area (Å²) in [6.45, 7) is 10.3. The fourth-order valence-corrected chi connectivity index (χ4v) is 2.17. The molecule has 1 aromatic rings. The van der Waals surface area contributed by atoms with E-state index in [1.165, 1.54) is 0 Å². The summed E-state index contributed by atoms with van der Waals surface area (Å²) in [7, 11) is 1.69. The Morgan fingerprint density at radius 2 is 1.84 bits per heavy atom. The molecule has 0 bridgehead atoms. The van der Waals surface area contributed by atoms with Crippen molar-refractivity contribution in [1.29, 1.82) is 0 Å². The number of aromatic nitrogens is 1. The summed E-state index contributed by atoms with van der Waals surface area (Å²) in [4.78, 5) is 4.20. The molecule has 0 aromatic carbocycles. The van der Waals surface area contributed by atoms with Crippen LogP contribution in [0.5, 0.6) is 5.75 Å². The maximum Gasteiger partial charge on any atom is 0.138 e. The molecule has 1 aromatic heterocycles. The first kappa shape index (κ1) is 15.9. The minimum absolute atomic E-state index is 0.0386. The molecular weight excluding hydrogens is 240 g/mol. The summed E-state index contributed by atoms with van der Waals surface area (Å²) in [5.41, 5.74) is 7.21. The van der Waals surface area contributed by atoms with E-state index in [4.69, 9.17) is 15.2 Å². The highest BCUT2D eigenvalue weighted by molar-refractivity contribution is 5.27. The zero-order chi connectivity index (χ0) is 14.6. The number of ether oxygens (including phenoxy) is 2. The Balaban J connectivity index is 2.95. The van der Waals surface area contributed by atoms with E-state index in [1.54, 1.807) is 19.5 Å². The first-order valence-electron chi connectivity index (χ1n) is 6.65. The molecule has 2 unspecified atom stereocenters. The summed E-state index contributed by atoms with van der Waals surface area (Å²) in [6, 6.07) is 1.71. The zero-order valence-electron chi connectivity index (χ0n) is 12.8. The molecule has 0 aliphatic heterocycles. The Morgan fingerprint density at radius 1 is 1.21 bits per heavy atom. The van der Waals surface area contributed by atoms with Crippen molar-refractivity contribution in [3.8, 4) is 5.75 Å². The first-order valence-corrected chi connectivity index (χ1v) is 6.65. The van der Waals surface area contributed by atoms with Crippen molar-refractivity contribution >= 4 is 0 Å². The quantitative estimate of drug-likeness (QED) is 0.890. The van der Waals surface area contributed by atoms with Crippen LogP contribution in [0.2, 0.25) is 0 Å². The second-order valence-corrected chi connectivity index (χ2v) is 6.17. The van der Waals surface area contributed by atoms with E-state index in [9.17, 15) is 0 Å². The van der Waals surface area contributed by atoms with Crippen LogP contribution in [0.4, 0.5) is 0 Å². The predicted molar refractivity (Wildman–Crippen MR) is 77.2 cm³/mol. The molecule has 4 nitrogen and oxygen atoms in total. The van der Waals surface area contributed by atoms with E-state index in [-0.39, 0.29) is 23.7 Å². The third-order valence-electron chi connectivity index (χ3n) is 2.92. The lowest BCUT2D eigenvalue weighted by molar-refractivity contribution is -0.00256. The Hall–Kier alpha value is -1.13. The number of pyridine rings is 1. The zero-order valence-corrected chi connectivity index (χ0v) is 12.8. The Kier molecular flexibility index (Phi) is 5.32. The summed E-state index contributed by atoms with van der Waals surface area (Å²) in [6.07, 6.45) is 3.52. The molecule has 0 aliphatic rings. The molecule has 2 atom stereocenters. The largest absolute Gasteiger partial charge is 0.489 e.